The summed E-state index contributed by atoms with van der Waals surface area (Å²) in [4.78, 5) is 52.7. The number of imide groups is 2. The topological polar surface area (TPSA) is 126 Å². The fourth-order valence-electron chi connectivity index (χ4n) is 4.61. The second kappa shape index (κ2) is 10.7. The smallest absolute Gasteiger partial charge is 0.340 e. The van der Waals surface area contributed by atoms with Crippen LogP contribution in [-0.2, 0) is 11.2 Å². The van der Waals surface area contributed by atoms with Gasteiger partial charge in [-0.2, -0.15) is 4.31 Å². The first kappa shape index (κ1) is 25.9. The van der Waals surface area contributed by atoms with Crippen molar-refractivity contribution in [2.75, 3.05) is 12.3 Å². The predicted octanol–water partition coefficient (Wildman–Crippen LogP) is 4.03. The molecule has 2 fully saturated rings. The summed E-state index contributed by atoms with van der Waals surface area (Å²) in [6.07, 6.45) is 9.89. The molecule has 34 heavy (non-hydrogen) atoms. The number of fused-ring (bicyclic) bond motifs is 1. The summed E-state index contributed by atoms with van der Waals surface area (Å²) in [7, 11) is 0. The highest BCUT2D eigenvalue weighted by molar-refractivity contribution is 7.93. The van der Waals surface area contributed by atoms with Gasteiger partial charge < -0.3 is 10.6 Å². The molecule has 1 aromatic rings. The highest BCUT2D eigenvalue weighted by Crippen LogP contribution is 2.35. The van der Waals surface area contributed by atoms with E-state index in [1.165, 1.54) is 30.4 Å². The molecule has 0 spiro atoms. The lowest BCUT2D eigenvalue weighted by molar-refractivity contribution is -0.128. The molecule has 1 aromatic heterocycles. The molecule has 0 radical (unpaired) electrons. The lowest BCUT2D eigenvalue weighted by Gasteiger charge is -2.32. The molecule has 11 heteroatoms. The number of pyridine rings is 1. The maximum atomic E-state index is 12.7. The third-order valence-electron chi connectivity index (χ3n) is 6.66. The average Bonchev–Trinajstić information content (AvgIpc) is 3.20. The first-order valence-corrected chi connectivity index (χ1v) is 12.4. The van der Waals surface area contributed by atoms with Crippen LogP contribution < -0.4 is 11.1 Å². The molecule has 1 aliphatic carbocycles. The van der Waals surface area contributed by atoms with Crippen molar-refractivity contribution in [3.05, 3.63) is 23.0 Å². The number of nitrogens with two attached hydrogens (primary N) is 1. The van der Waals surface area contributed by atoms with Crippen molar-refractivity contribution < 1.29 is 23.1 Å². The Morgan fingerprint density at radius 1 is 1.15 bits per heavy atom. The molecule has 3 aliphatic rings. The Kier molecular flexibility index (Phi) is 8.17. The van der Waals surface area contributed by atoms with E-state index in [0.29, 0.717) is 34.4 Å². The molecule has 2 aliphatic heterocycles. The van der Waals surface area contributed by atoms with Crippen LogP contribution in [0.2, 0.25) is 0 Å². The SMILES string of the molecule is CC1(C)C(=O)N(SF)C(=O)N1CC1CCCCC1.CCCCc1ncc(N)c2c1C(=O)NC2=O. The molecule has 0 bridgehead atoms. The van der Waals surface area contributed by atoms with Crippen LogP contribution in [0.1, 0.15) is 92.1 Å². The Balaban J connectivity index is 0.000000192. The van der Waals surface area contributed by atoms with Crippen LogP contribution in [-0.4, -0.2) is 50.0 Å². The summed E-state index contributed by atoms with van der Waals surface area (Å²) in [5.41, 5.74) is 6.29. The van der Waals surface area contributed by atoms with Crippen LogP contribution in [0.15, 0.2) is 6.20 Å². The Bertz CT molecular complexity index is 980. The van der Waals surface area contributed by atoms with E-state index < -0.39 is 23.4 Å². The molecule has 5 amide bonds. The van der Waals surface area contributed by atoms with Crippen LogP contribution in [0.3, 0.4) is 0 Å². The van der Waals surface area contributed by atoms with Gasteiger partial charge in [0.15, 0.2) is 12.3 Å². The minimum atomic E-state index is -0.923. The molecule has 9 nitrogen and oxygen atoms in total. The largest absolute Gasteiger partial charge is 0.397 e. The first-order chi connectivity index (χ1) is 16.1. The number of halogens is 1. The number of urea groups is 1. The van der Waals surface area contributed by atoms with Gasteiger partial charge in [0.2, 0.25) is 0 Å². The maximum Gasteiger partial charge on any atom is 0.340 e. The van der Waals surface area contributed by atoms with Crippen molar-refractivity contribution >= 4 is 41.8 Å². The Morgan fingerprint density at radius 2 is 1.79 bits per heavy atom. The summed E-state index contributed by atoms with van der Waals surface area (Å²) in [6, 6.07) is -0.511. The van der Waals surface area contributed by atoms with E-state index in [2.05, 4.69) is 17.2 Å². The standard InChI is InChI=1S/C12H19FN2O2S.C11H13N3O2/c1-12(2)10(16)15(18-13)11(17)14(12)8-9-6-4-3-5-7-9;1-2-3-4-7-9-8(6(12)5-13-7)10(15)14-11(9)16/h9H,3-8H2,1-2H3;5H,2-4,12H2,1H3,(H,14,15,16). The molecule has 3 heterocycles. The highest BCUT2D eigenvalue weighted by Gasteiger charge is 2.52. The van der Waals surface area contributed by atoms with Crippen LogP contribution in [0, 0.1) is 5.92 Å². The van der Waals surface area contributed by atoms with Crippen LogP contribution in [0.5, 0.6) is 0 Å². The Morgan fingerprint density at radius 3 is 2.38 bits per heavy atom. The maximum absolute atomic E-state index is 12.7. The number of aromatic nitrogens is 1. The van der Waals surface area contributed by atoms with E-state index in [0.717, 1.165) is 25.7 Å². The quantitative estimate of drug-likeness (QED) is 0.348. The average molecular weight is 494 g/mol. The van der Waals surface area contributed by atoms with E-state index in [-0.39, 0.29) is 29.5 Å². The van der Waals surface area contributed by atoms with Gasteiger partial charge in [-0.15, -0.1) is 3.89 Å². The second-order valence-corrected chi connectivity index (χ2v) is 9.92. The van der Waals surface area contributed by atoms with Gasteiger partial charge in [0.1, 0.15) is 5.54 Å². The first-order valence-electron chi connectivity index (χ1n) is 11.7. The number of rotatable bonds is 6. The second-order valence-electron chi connectivity index (χ2n) is 9.42. The van der Waals surface area contributed by atoms with Gasteiger partial charge in [-0.05, 0) is 45.4 Å². The fourth-order valence-corrected chi connectivity index (χ4v) is 5.05. The minimum absolute atomic E-state index is 0.263. The molecule has 3 N–H and O–H groups in total. The summed E-state index contributed by atoms with van der Waals surface area (Å²) >= 11 is -0.291. The molecule has 1 saturated heterocycles. The Labute approximate surface area is 203 Å². The van der Waals surface area contributed by atoms with Gasteiger partial charge >= 0.3 is 6.03 Å². The number of hydrogen-bond acceptors (Lipinski definition) is 7. The number of carbonyl (C=O) groups excluding carboxylic acids is 4. The van der Waals surface area contributed by atoms with E-state index in [1.807, 2.05) is 0 Å². The lowest BCUT2D eigenvalue weighted by Crippen LogP contribution is -2.46. The van der Waals surface area contributed by atoms with E-state index in [4.69, 9.17) is 5.73 Å². The third-order valence-corrected chi connectivity index (χ3v) is 7.12. The number of nitrogens with one attached hydrogen (secondary N) is 1. The minimum Gasteiger partial charge on any atom is -0.397 e. The molecule has 1 saturated carbocycles. The summed E-state index contributed by atoms with van der Waals surface area (Å²) in [5.74, 6) is -0.821. The number of nitrogen functional groups attached to an aromatic ring is 1. The third kappa shape index (κ3) is 5.03. The van der Waals surface area contributed by atoms with Crippen molar-refractivity contribution in [2.24, 2.45) is 5.92 Å². The molecule has 4 rings (SSSR count). The number of carbonyl (C=O) groups is 4. The molecule has 0 atom stereocenters. The van der Waals surface area contributed by atoms with Gasteiger partial charge in [0.05, 0.1) is 28.7 Å². The van der Waals surface area contributed by atoms with E-state index in [1.54, 1.807) is 13.8 Å². The summed E-state index contributed by atoms with van der Waals surface area (Å²) in [5, 5.41) is 2.24. The Hall–Kier alpha value is -2.69. The summed E-state index contributed by atoms with van der Waals surface area (Å²) in [6.45, 7) is 6.00. The van der Waals surface area contributed by atoms with Crippen molar-refractivity contribution in [2.45, 2.75) is 77.7 Å². The number of nitrogens with zero attached hydrogens (tertiary/aromatic N) is 3. The van der Waals surface area contributed by atoms with Crippen molar-refractivity contribution in [3.63, 3.8) is 0 Å². The zero-order chi connectivity index (χ0) is 25.0. The van der Waals surface area contributed by atoms with Crippen molar-refractivity contribution in [1.29, 1.82) is 0 Å². The van der Waals surface area contributed by atoms with Crippen molar-refractivity contribution in [1.82, 2.24) is 19.5 Å². The summed E-state index contributed by atoms with van der Waals surface area (Å²) < 4.78 is 13.3. The molecular weight excluding hydrogens is 461 g/mol. The normalized spacial score (nSPS) is 19.8. The number of hydrogen-bond donors (Lipinski definition) is 2. The number of aryl methyl sites for hydroxylation is 1. The molecular formula is C23H32FN5O4S. The molecule has 186 valence electrons. The van der Waals surface area contributed by atoms with Crippen LogP contribution >= 0.6 is 12.3 Å². The van der Waals surface area contributed by atoms with E-state index in [9.17, 15) is 23.1 Å². The van der Waals surface area contributed by atoms with Crippen LogP contribution in [0.25, 0.3) is 0 Å². The number of amides is 5. The number of unbranched alkanes of at least 4 members (excludes halogenated alkanes) is 1. The highest BCUT2D eigenvalue weighted by atomic mass is 32.2. The van der Waals surface area contributed by atoms with E-state index >= 15 is 0 Å². The van der Waals surface area contributed by atoms with Crippen LogP contribution in [0.4, 0.5) is 14.4 Å². The fraction of sp³-hybridized carbons (Fsp3) is 0.609. The predicted molar refractivity (Wildman–Crippen MR) is 127 cm³/mol. The zero-order valence-corrected chi connectivity index (χ0v) is 20.7. The monoisotopic (exact) mass is 493 g/mol. The zero-order valence-electron chi connectivity index (χ0n) is 19.9. The van der Waals surface area contributed by atoms with Gasteiger partial charge in [-0.1, -0.05) is 32.6 Å². The molecule has 0 aromatic carbocycles. The van der Waals surface area contributed by atoms with Gasteiger partial charge in [-0.3, -0.25) is 24.7 Å². The van der Waals surface area contributed by atoms with Gasteiger partial charge in [0, 0.05) is 6.54 Å². The van der Waals surface area contributed by atoms with Crippen molar-refractivity contribution in [3.8, 4) is 0 Å². The number of anilines is 1. The molecule has 0 unspecified atom stereocenters. The van der Waals surface area contributed by atoms with Gasteiger partial charge in [0.25, 0.3) is 17.7 Å². The lowest BCUT2D eigenvalue weighted by atomic mass is 9.88. The van der Waals surface area contributed by atoms with Gasteiger partial charge in [-0.25, -0.2) is 4.79 Å².